The van der Waals surface area contributed by atoms with Crippen LogP contribution >= 0.6 is 15.9 Å². The Bertz CT molecular complexity index is 702. The van der Waals surface area contributed by atoms with Crippen LogP contribution in [-0.4, -0.2) is 23.8 Å². The molecule has 0 radical (unpaired) electrons. The Labute approximate surface area is 137 Å². The average molecular weight is 362 g/mol. The van der Waals surface area contributed by atoms with Crippen LogP contribution in [0.1, 0.15) is 11.1 Å². The zero-order valence-corrected chi connectivity index (χ0v) is 13.6. The molecular formula is C16H16BrN3O2. The molecule has 0 spiro atoms. The third-order valence-electron chi connectivity index (χ3n) is 2.97. The summed E-state index contributed by atoms with van der Waals surface area (Å²) in [5, 5.41) is 16.5. The van der Waals surface area contributed by atoms with Gasteiger partial charge in [0.15, 0.2) is 0 Å². The molecule has 0 aliphatic heterocycles. The van der Waals surface area contributed by atoms with Gasteiger partial charge in [-0.3, -0.25) is 4.79 Å². The molecule has 2 rings (SSSR count). The van der Waals surface area contributed by atoms with Crippen molar-refractivity contribution in [2.75, 3.05) is 11.9 Å². The van der Waals surface area contributed by atoms with Crippen LogP contribution in [0.25, 0.3) is 0 Å². The predicted molar refractivity (Wildman–Crippen MR) is 91.2 cm³/mol. The van der Waals surface area contributed by atoms with E-state index in [2.05, 4.69) is 31.8 Å². The molecule has 22 heavy (non-hydrogen) atoms. The van der Waals surface area contributed by atoms with E-state index in [0.29, 0.717) is 5.56 Å². The lowest BCUT2D eigenvalue weighted by molar-refractivity contribution is -0.119. The number of carbonyl (C=O) groups excluding carboxylic acids is 1. The van der Waals surface area contributed by atoms with Crippen molar-refractivity contribution in [3.63, 3.8) is 0 Å². The number of benzene rings is 2. The summed E-state index contributed by atoms with van der Waals surface area (Å²) < 4.78 is 0.819. The van der Waals surface area contributed by atoms with Gasteiger partial charge in [-0.15, -0.1) is 0 Å². The summed E-state index contributed by atoms with van der Waals surface area (Å²) in [5.74, 6) is -0.173. The van der Waals surface area contributed by atoms with Gasteiger partial charge in [-0.05, 0) is 36.8 Å². The van der Waals surface area contributed by atoms with Crippen LogP contribution in [0.2, 0.25) is 0 Å². The number of phenolic OH excluding ortho intramolecular Hbond substituents is 1. The first-order chi connectivity index (χ1) is 10.6. The Kier molecular flexibility index (Phi) is 5.55. The van der Waals surface area contributed by atoms with Gasteiger partial charge in [0.05, 0.1) is 12.8 Å². The number of para-hydroxylation sites is 1. The highest BCUT2D eigenvalue weighted by Crippen LogP contribution is 2.19. The molecule has 0 aromatic heterocycles. The fourth-order valence-electron chi connectivity index (χ4n) is 1.79. The van der Waals surface area contributed by atoms with Crippen LogP contribution in [0, 0.1) is 6.92 Å². The average Bonchev–Trinajstić information content (AvgIpc) is 2.50. The van der Waals surface area contributed by atoms with Crippen LogP contribution in [0.4, 0.5) is 5.69 Å². The number of nitrogens with one attached hydrogen (secondary N) is 2. The summed E-state index contributed by atoms with van der Waals surface area (Å²) in [6, 6.07) is 12.7. The zero-order valence-electron chi connectivity index (χ0n) is 12.0. The normalized spacial score (nSPS) is 10.6. The maximum atomic E-state index is 11.7. The first-order valence-electron chi connectivity index (χ1n) is 6.66. The number of hydrazone groups is 1. The van der Waals surface area contributed by atoms with Gasteiger partial charge in [0.25, 0.3) is 5.91 Å². The second kappa shape index (κ2) is 7.61. The van der Waals surface area contributed by atoms with E-state index in [4.69, 9.17) is 0 Å². The predicted octanol–water partition coefficient (Wildman–Crippen LogP) is 3.03. The van der Waals surface area contributed by atoms with Gasteiger partial charge in [0.2, 0.25) is 0 Å². The van der Waals surface area contributed by atoms with Crippen molar-refractivity contribution in [2.45, 2.75) is 6.92 Å². The van der Waals surface area contributed by atoms with Crippen molar-refractivity contribution in [1.29, 1.82) is 0 Å². The van der Waals surface area contributed by atoms with Gasteiger partial charge in [0, 0.05) is 15.7 Å². The summed E-state index contributed by atoms with van der Waals surface area (Å²) in [5.41, 5.74) is 4.90. The molecular weight excluding hydrogens is 346 g/mol. The van der Waals surface area contributed by atoms with Crippen molar-refractivity contribution >= 4 is 33.7 Å². The number of phenols is 1. The van der Waals surface area contributed by atoms with Crippen LogP contribution in [0.3, 0.4) is 0 Å². The fraction of sp³-hybridized carbons (Fsp3) is 0.125. The van der Waals surface area contributed by atoms with E-state index in [0.717, 1.165) is 15.7 Å². The summed E-state index contributed by atoms with van der Waals surface area (Å²) >= 11 is 3.30. The van der Waals surface area contributed by atoms with E-state index in [1.54, 1.807) is 18.2 Å². The zero-order chi connectivity index (χ0) is 15.9. The maximum Gasteiger partial charge on any atom is 0.259 e. The molecule has 0 unspecified atom stereocenters. The van der Waals surface area contributed by atoms with Crippen molar-refractivity contribution in [1.82, 2.24) is 5.43 Å². The monoisotopic (exact) mass is 361 g/mol. The number of halogens is 1. The highest BCUT2D eigenvalue weighted by Gasteiger charge is 2.02. The number of aryl methyl sites for hydroxylation is 1. The second-order valence-electron chi connectivity index (χ2n) is 4.66. The number of hydrogen-bond donors (Lipinski definition) is 3. The first-order valence-corrected chi connectivity index (χ1v) is 7.45. The number of amides is 1. The van der Waals surface area contributed by atoms with E-state index in [1.165, 1.54) is 6.21 Å². The molecule has 114 valence electrons. The summed E-state index contributed by atoms with van der Waals surface area (Å²) in [4.78, 5) is 11.7. The maximum absolute atomic E-state index is 11.7. The van der Waals surface area contributed by atoms with E-state index in [1.807, 2.05) is 31.2 Å². The lowest BCUT2D eigenvalue weighted by atomic mass is 10.2. The lowest BCUT2D eigenvalue weighted by Crippen LogP contribution is -2.26. The van der Waals surface area contributed by atoms with Gasteiger partial charge in [-0.2, -0.15) is 5.10 Å². The summed E-state index contributed by atoms with van der Waals surface area (Å²) in [6.45, 7) is 2.08. The van der Waals surface area contributed by atoms with E-state index in [9.17, 15) is 9.90 Å². The quantitative estimate of drug-likeness (QED) is 0.566. The van der Waals surface area contributed by atoms with Gasteiger partial charge < -0.3 is 10.4 Å². The largest absolute Gasteiger partial charge is 0.507 e. The third kappa shape index (κ3) is 4.60. The fourth-order valence-corrected chi connectivity index (χ4v) is 2.17. The van der Waals surface area contributed by atoms with Crippen LogP contribution in [-0.2, 0) is 4.79 Å². The molecule has 3 N–H and O–H groups in total. The molecule has 0 aliphatic carbocycles. The number of nitrogens with zero attached hydrogens (tertiary/aromatic N) is 1. The Morgan fingerprint density at radius 3 is 2.86 bits per heavy atom. The van der Waals surface area contributed by atoms with Gasteiger partial charge >= 0.3 is 0 Å². The molecule has 0 atom stereocenters. The van der Waals surface area contributed by atoms with Crippen LogP contribution in [0.5, 0.6) is 5.75 Å². The van der Waals surface area contributed by atoms with Crippen molar-refractivity contribution in [2.24, 2.45) is 5.10 Å². The van der Waals surface area contributed by atoms with Crippen molar-refractivity contribution < 1.29 is 9.90 Å². The van der Waals surface area contributed by atoms with E-state index in [-0.39, 0.29) is 18.2 Å². The Balaban J connectivity index is 1.86. The van der Waals surface area contributed by atoms with E-state index < -0.39 is 0 Å². The third-order valence-corrected chi connectivity index (χ3v) is 3.46. The topological polar surface area (TPSA) is 73.7 Å². The molecule has 0 bridgehead atoms. The SMILES string of the molecule is Cc1ccccc1NCC(=O)N/N=C\c1cc(Br)ccc1O. The summed E-state index contributed by atoms with van der Waals surface area (Å²) in [7, 11) is 0. The number of anilines is 1. The van der Waals surface area contributed by atoms with Gasteiger partial charge in [-0.25, -0.2) is 5.43 Å². The smallest absolute Gasteiger partial charge is 0.259 e. The minimum Gasteiger partial charge on any atom is -0.507 e. The van der Waals surface area contributed by atoms with Crippen molar-refractivity contribution in [3.05, 3.63) is 58.1 Å². The first kappa shape index (κ1) is 16.0. The summed E-state index contributed by atoms with van der Waals surface area (Å²) in [6.07, 6.45) is 1.39. The Morgan fingerprint density at radius 2 is 2.09 bits per heavy atom. The molecule has 0 saturated heterocycles. The van der Waals surface area contributed by atoms with Gasteiger partial charge in [0.1, 0.15) is 5.75 Å². The minimum absolute atomic E-state index is 0.0965. The molecule has 0 heterocycles. The number of rotatable bonds is 5. The molecule has 0 fully saturated rings. The van der Waals surface area contributed by atoms with Crippen LogP contribution in [0.15, 0.2) is 52.0 Å². The minimum atomic E-state index is -0.269. The lowest BCUT2D eigenvalue weighted by Gasteiger charge is -2.07. The Morgan fingerprint density at radius 1 is 1.32 bits per heavy atom. The molecule has 1 amide bonds. The number of aromatic hydroxyl groups is 1. The highest BCUT2D eigenvalue weighted by molar-refractivity contribution is 9.10. The molecule has 5 nitrogen and oxygen atoms in total. The molecule has 0 saturated carbocycles. The molecule has 2 aromatic carbocycles. The molecule has 2 aromatic rings. The second-order valence-corrected chi connectivity index (χ2v) is 5.58. The molecule has 6 heteroatoms. The standard InChI is InChI=1S/C16H16BrN3O2/c1-11-4-2-3-5-14(11)18-10-16(22)20-19-9-12-8-13(17)6-7-15(12)21/h2-9,18,21H,10H2,1H3,(H,20,22)/b19-9-. The highest BCUT2D eigenvalue weighted by atomic mass is 79.9. The van der Waals surface area contributed by atoms with Crippen LogP contribution < -0.4 is 10.7 Å². The van der Waals surface area contributed by atoms with Gasteiger partial charge in [-0.1, -0.05) is 34.1 Å². The number of carbonyl (C=O) groups is 1. The molecule has 0 aliphatic rings. The number of hydrogen-bond acceptors (Lipinski definition) is 4. The van der Waals surface area contributed by atoms with E-state index >= 15 is 0 Å². The van der Waals surface area contributed by atoms with Crippen molar-refractivity contribution in [3.8, 4) is 5.75 Å². The Hall–Kier alpha value is -2.34.